The van der Waals surface area contributed by atoms with Gasteiger partial charge in [-0.25, -0.2) is 9.79 Å². The number of allylic oxidation sites excluding steroid dienone is 1. The molecule has 208 valence electrons. The lowest BCUT2D eigenvalue weighted by atomic mass is 9.83. The van der Waals surface area contributed by atoms with E-state index in [2.05, 4.69) is 22.9 Å². The fraction of sp³-hybridized carbons (Fsp3) is 0.219. The van der Waals surface area contributed by atoms with E-state index in [0.717, 1.165) is 40.8 Å². The molecule has 9 heteroatoms. The minimum absolute atomic E-state index is 0.108. The van der Waals surface area contributed by atoms with Gasteiger partial charge in [-0.05, 0) is 72.4 Å². The van der Waals surface area contributed by atoms with Crippen molar-refractivity contribution in [2.24, 2.45) is 4.99 Å². The highest BCUT2D eigenvalue weighted by molar-refractivity contribution is 7.07. The molecule has 41 heavy (non-hydrogen) atoms. The van der Waals surface area contributed by atoms with E-state index in [1.165, 1.54) is 24.0 Å². The van der Waals surface area contributed by atoms with E-state index in [1.54, 1.807) is 12.1 Å². The summed E-state index contributed by atoms with van der Waals surface area (Å²) in [6.45, 7) is 2.05. The molecular formula is C32H27ClN2O5S. The second kappa shape index (κ2) is 11.4. The molecule has 6 rings (SSSR count). The predicted octanol–water partition coefficient (Wildman–Crippen LogP) is 4.92. The molecule has 2 heterocycles. The molecule has 0 N–H and O–H groups in total. The average molecular weight is 587 g/mol. The molecule has 1 aromatic heterocycles. The molecule has 1 aliphatic carbocycles. The van der Waals surface area contributed by atoms with Crippen LogP contribution in [-0.2, 0) is 16.0 Å². The number of aryl methyl sites for hydroxylation is 1. The van der Waals surface area contributed by atoms with Gasteiger partial charge in [-0.3, -0.25) is 9.36 Å². The molecule has 1 unspecified atom stereocenters. The van der Waals surface area contributed by atoms with Gasteiger partial charge in [0.25, 0.3) is 5.56 Å². The number of ether oxygens (including phenoxy) is 3. The molecule has 0 saturated carbocycles. The number of rotatable bonds is 7. The number of hydrogen-bond donors (Lipinski definition) is 0. The molecule has 3 aromatic carbocycles. The Hall–Kier alpha value is -4.14. The van der Waals surface area contributed by atoms with Crippen molar-refractivity contribution in [1.82, 2.24) is 4.57 Å². The minimum atomic E-state index is -0.488. The molecular weight excluding hydrogens is 560 g/mol. The van der Waals surface area contributed by atoms with E-state index in [9.17, 15) is 9.59 Å². The lowest BCUT2D eigenvalue weighted by molar-refractivity contribution is -0.142. The van der Waals surface area contributed by atoms with Gasteiger partial charge in [0, 0.05) is 10.6 Å². The van der Waals surface area contributed by atoms with Gasteiger partial charge >= 0.3 is 5.97 Å². The summed E-state index contributed by atoms with van der Waals surface area (Å²) in [4.78, 5) is 31.3. The van der Waals surface area contributed by atoms with Crippen LogP contribution in [0.4, 0.5) is 0 Å². The Morgan fingerprint density at radius 1 is 1.07 bits per heavy atom. The van der Waals surface area contributed by atoms with Crippen molar-refractivity contribution in [2.75, 3.05) is 20.3 Å². The number of aromatic nitrogens is 1. The third-order valence-electron chi connectivity index (χ3n) is 7.20. The van der Waals surface area contributed by atoms with Crippen LogP contribution < -0.4 is 24.4 Å². The SMILES string of the molecule is CCOc1cc(C=c2sc3n(c2=O)C(c2ccc(Cl)cc2)C2=C(N=3)c3ccccc3CC2)ccc1OCC(=O)OC. The maximum Gasteiger partial charge on any atom is 0.343 e. The van der Waals surface area contributed by atoms with Crippen LogP contribution >= 0.6 is 22.9 Å². The number of methoxy groups -OCH3 is 1. The summed E-state index contributed by atoms with van der Waals surface area (Å²) in [5, 5.41) is 0.647. The van der Waals surface area contributed by atoms with Crippen LogP contribution in [-0.4, -0.2) is 30.9 Å². The number of hydrogen-bond acceptors (Lipinski definition) is 7. The number of benzene rings is 3. The fourth-order valence-corrected chi connectivity index (χ4v) is 6.44. The summed E-state index contributed by atoms with van der Waals surface area (Å²) in [5.41, 5.74) is 6.12. The lowest BCUT2D eigenvalue weighted by Crippen LogP contribution is -2.38. The Labute approximate surface area is 245 Å². The first-order valence-electron chi connectivity index (χ1n) is 13.3. The molecule has 1 aliphatic heterocycles. The lowest BCUT2D eigenvalue weighted by Gasteiger charge is -2.30. The minimum Gasteiger partial charge on any atom is -0.490 e. The van der Waals surface area contributed by atoms with Crippen molar-refractivity contribution in [3.8, 4) is 11.5 Å². The molecule has 2 aliphatic rings. The standard InChI is InChI=1S/C32H27ClN2O5S/c1-3-39-26-16-19(8-15-25(26)40-18-28(36)38-2)17-27-31(37)35-30(21-9-12-22(33)13-10-21)24-14-11-20-6-4-5-7-23(20)29(24)34-32(35)41-27/h4-10,12-13,15-17,30H,3,11,14,18H2,1-2H3. The van der Waals surface area contributed by atoms with Crippen molar-refractivity contribution >= 4 is 40.7 Å². The van der Waals surface area contributed by atoms with Gasteiger partial charge in [-0.2, -0.15) is 0 Å². The van der Waals surface area contributed by atoms with Crippen molar-refractivity contribution in [2.45, 2.75) is 25.8 Å². The summed E-state index contributed by atoms with van der Waals surface area (Å²) >= 11 is 7.59. The van der Waals surface area contributed by atoms with E-state index in [0.29, 0.717) is 32.5 Å². The molecule has 4 aromatic rings. The number of esters is 1. The van der Waals surface area contributed by atoms with Crippen LogP contribution in [0.25, 0.3) is 11.8 Å². The van der Waals surface area contributed by atoms with E-state index in [-0.39, 0.29) is 18.2 Å². The molecule has 0 spiro atoms. The van der Waals surface area contributed by atoms with Crippen molar-refractivity contribution < 1.29 is 19.0 Å². The summed E-state index contributed by atoms with van der Waals surface area (Å²) in [6, 6.07) is 21.1. The summed E-state index contributed by atoms with van der Waals surface area (Å²) in [6.07, 6.45) is 3.55. The Kier molecular flexibility index (Phi) is 7.51. The fourth-order valence-electron chi connectivity index (χ4n) is 5.32. The van der Waals surface area contributed by atoms with Gasteiger partial charge < -0.3 is 14.2 Å². The average Bonchev–Trinajstić information content (AvgIpc) is 3.30. The van der Waals surface area contributed by atoms with Gasteiger partial charge in [0.05, 0.1) is 30.0 Å². The Morgan fingerprint density at radius 2 is 1.88 bits per heavy atom. The summed E-state index contributed by atoms with van der Waals surface area (Å²) < 4.78 is 18.4. The largest absolute Gasteiger partial charge is 0.490 e. The zero-order valence-electron chi connectivity index (χ0n) is 22.6. The zero-order valence-corrected chi connectivity index (χ0v) is 24.1. The second-order valence-electron chi connectivity index (χ2n) is 9.67. The quantitative estimate of drug-likeness (QED) is 0.287. The van der Waals surface area contributed by atoms with Crippen LogP contribution in [0.1, 0.15) is 41.6 Å². The van der Waals surface area contributed by atoms with Gasteiger partial charge in [0.2, 0.25) is 0 Å². The van der Waals surface area contributed by atoms with Crippen LogP contribution in [0.15, 0.2) is 82.1 Å². The number of thiazole rings is 1. The molecule has 7 nitrogen and oxygen atoms in total. The van der Waals surface area contributed by atoms with Gasteiger partial charge in [-0.1, -0.05) is 65.4 Å². The number of halogens is 1. The van der Waals surface area contributed by atoms with Gasteiger partial charge in [0.15, 0.2) is 22.9 Å². The van der Waals surface area contributed by atoms with Gasteiger partial charge in [0.1, 0.15) is 0 Å². The van der Waals surface area contributed by atoms with E-state index < -0.39 is 5.97 Å². The molecule has 0 amide bonds. The highest BCUT2D eigenvalue weighted by Gasteiger charge is 2.32. The van der Waals surface area contributed by atoms with Crippen LogP contribution in [0.5, 0.6) is 11.5 Å². The first-order valence-corrected chi connectivity index (χ1v) is 14.5. The Bertz CT molecular complexity index is 1860. The van der Waals surface area contributed by atoms with Gasteiger partial charge in [-0.15, -0.1) is 0 Å². The predicted molar refractivity (Wildman–Crippen MR) is 159 cm³/mol. The van der Waals surface area contributed by atoms with E-state index >= 15 is 0 Å². The molecule has 0 saturated heterocycles. The molecule has 0 radical (unpaired) electrons. The highest BCUT2D eigenvalue weighted by Crippen LogP contribution is 2.41. The summed E-state index contributed by atoms with van der Waals surface area (Å²) in [7, 11) is 1.31. The normalized spacial score (nSPS) is 15.9. The topological polar surface area (TPSA) is 79.1 Å². The van der Waals surface area contributed by atoms with Crippen LogP contribution in [0.2, 0.25) is 5.02 Å². The molecule has 1 atom stereocenters. The van der Waals surface area contributed by atoms with E-state index in [4.69, 9.17) is 26.1 Å². The third kappa shape index (κ3) is 5.21. The Balaban J connectivity index is 1.48. The monoisotopic (exact) mass is 586 g/mol. The molecule has 0 fully saturated rings. The highest BCUT2D eigenvalue weighted by atomic mass is 35.5. The zero-order chi connectivity index (χ0) is 28.5. The van der Waals surface area contributed by atoms with E-state index in [1.807, 2.05) is 54.0 Å². The first-order chi connectivity index (χ1) is 20.0. The smallest absolute Gasteiger partial charge is 0.343 e. The van der Waals surface area contributed by atoms with Crippen molar-refractivity contribution in [3.05, 3.63) is 119 Å². The van der Waals surface area contributed by atoms with Crippen LogP contribution in [0.3, 0.4) is 0 Å². The van der Waals surface area contributed by atoms with Crippen LogP contribution in [0, 0.1) is 0 Å². The van der Waals surface area contributed by atoms with Crippen molar-refractivity contribution in [3.63, 3.8) is 0 Å². The molecule has 0 bridgehead atoms. The Morgan fingerprint density at radius 3 is 2.66 bits per heavy atom. The maximum absolute atomic E-state index is 14.0. The first kappa shape index (κ1) is 27.1. The summed E-state index contributed by atoms with van der Waals surface area (Å²) in [5.74, 6) is 0.409. The maximum atomic E-state index is 14.0. The number of carbonyl (C=O) groups excluding carboxylic acids is 1. The number of fused-ring (bicyclic) bond motifs is 3. The van der Waals surface area contributed by atoms with Crippen molar-refractivity contribution in [1.29, 1.82) is 0 Å². The third-order valence-corrected chi connectivity index (χ3v) is 8.43. The number of carbonyl (C=O) groups is 1. The second-order valence-corrected chi connectivity index (χ2v) is 11.1. The number of nitrogens with zero attached hydrogens (tertiary/aromatic N) is 2.